The second-order valence-electron chi connectivity index (χ2n) is 3.46. The standard InChI is InChI=1S/C13H15NO2/c1-2-5-13(16)14-12-8-3-6-11(10-12)7-4-9-15/h1,3,6,8,10,15H,4-5,7,9H2,(H,14,16). The number of aryl methyl sites for hydroxylation is 1. The van der Waals surface area contributed by atoms with Crippen LogP contribution in [0.2, 0.25) is 0 Å². The maximum atomic E-state index is 11.2. The molecule has 84 valence electrons. The summed E-state index contributed by atoms with van der Waals surface area (Å²) in [4.78, 5) is 11.2. The molecule has 16 heavy (non-hydrogen) atoms. The Balaban J connectivity index is 2.60. The first-order valence-electron chi connectivity index (χ1n) is 5.19. The van der Waals surface area contributed by atoms with Crippen molar-refractivity contribution in [2.45, 2.75) is 19.3 Å². The van der Waals surface area contributed by atoms with E-state index < -0.39 is 0 Å². The number of aliphatic hydroxyl groups is 1. The molecule has 0 aliphatic heterocycles. The molecule has 0 atom stereocenters. The van der Waals surface area contributed by atoms with Crippen LogP contribution in [0.25, 0.3) is 0 Å². The second-order valence-corrected chi connectivity index (χ2v) is 3.46. The summed E-state index contributed by atoms with van der Waals surface area (Å²) < 4.78 is 0. The average Bonchev–Trinajstić information content (AvgIpc) is 2.27. The SMILES string of the molecule is C#CCC(=O)Nc1cccc(CCCO)c1. The summed E-state index contributed by atoms with van der Waals surface area (Å²) in [7, 11) is 0. The Morgan fingerprint density at radius 1 is 1.50 bits per heavy atom. The molecule has 0 heterocycles. The van der Waals surface area contributed by atoms with Gasteiger partial charge in [-0.1, -0.05) is 18.1 Å². The Bertz CT molecular complexity index is 393. The Morgan fingerprint density at radius 2 is 2.31 bits per heavy atom. The summed E-state index contributed by atoms with van der Waals surface area (Å²) in [5.74, 6) is 2.11. The van der Waals surface area contributed by atoms with E-state index in [1.807, 2.05) is 24.3 Å². The van der Waals surface area contributed by atoms with Crippen LogP contribution in [0.4, 0.5) is 5.69 Å². The van der Waals surface area contributed by atoms with Crippen LogP contribution >= 0.6 is 0 Å². The summed E-state index contributed by atoms with van der Waals surface area (Å²) in [6.45, 7) is 0.174. The Hall–Kier alpha value is -1.79. The van der Waals surface area contributed by atoms with E-state index in [1.54, 1.807) is 0 Å². The molecule has 1 amide bonds. The topological polar surface area (TPSA) is 49.3 Å². The summed E-state index contributed by atoms with van der Waals surface area (Å²) >= 11 is 0. The maximum absolute atomic E-state index is 11.2. The van der Waals surface area contributed by atoms with Crippen LogP contribution in [0, 0.1) is 12.3 Å². The van der Waals surface area contributed by atoms with Gasteiger partial charge >= 0.3 is 0 Å². The van der Waals surface area contributed by atoms with Crippen molar-refractivity contribution in [2.24, 2.45) is 0 Å². The fourth-order valence-electron chi connectivity index (χ4n) is 1.39. The molecule has 0 spiro atoms. The second kappa shape index (κ2) is 6.65. The van der Waals surface area contributed by atoms with Crippen LogP contribution in [0.3, 0.4) is 0 Å². The van der Waals surface area contributed by atoms with Crippen LogP contribution < -0.4 is 5.32 Å². The fourth-order valence-corrected chi connectivity index (χ4v) is 1.39. The molecule has 0 saturated heterocycles. The highest BCUT2D eigenvalue weighted by Gasteiger charge is 2.00. The zero-order valence-corrected chi connectivity index (χ0v) is 9.07. The van der Waals surface area contributed by atoms with E-state index in [-0.39, 0.29) is 18.9 Å². The minimum atomic E-state index is -0.179. The molecular weight excluding hydrogens is 202 g/mol. The van der Waals surface area contributed by atoms with E-state index in [1.165, 1.54) is 0 Å². The number of carbonyl (C=O) groups is 1. The number of anilines is 1. The molecule has 2 N–H and O–H groups in total. The third-order valence-corrected chi connectivity index (χ3v) is 2.10. The number of hydrogen-bond donors (Lipinski definition) is 2. The largest absolute Gasteiger partial charge is 0.396 e. The van der Waals surface area contributed by atoms with Gasteiger partial charge in [0.25, 0.3) is 0 Å². The van der Waals surface area contributed by atoms with Crippen molar-refractivity contribution < 1.29 is 9.90 Å². The van der Waals surface area contributed by atoms with E-state index in [4.69, 9.17) is 11.5 Å². The summed E-state index contributed by atoms with van der Waals surface area (Å²) in [5.41, 5.74) is 1.84. The van der Waals surface area contributed by atoms with Crippen LogP contribution in [-0.4, -0.2) is 17.6 Å². The maximum Gasteiger partial charge on any atom is 0.236 e. The van der Waals surface area contributed by atoms with Gasteiger partial charge in [0.15, 0.2) is 0 Å². The smallest absolute Gasteiger partial charge is 0.236 e. The average molecular weight is 217 g/mol. The number of amides is 1. The third kappa shape index (κ3) is 4.16. The first kappa shape index (κ1) is 12.3. The van der Waals surface area contributed by atoms with E-state index >= 15 is 0 Å². The van der Waals surface area contributed by atoms with Gasteiger partial charge in [0.1, 0.15) is 0 Å². The number of carbonyl (C=O) groups excluding carboxylic acids is 1. The van der Waals surface area contributed by atoms with Crippen molar-refractivity contribution in [1.29, 1.82) is 0 Å². The van der Waals surface area contributed by atoms with E-state index in [0.29, 0.717) is 0 Å². The molecule has 3 nitrogen and oxygen atoms in total. The number of nitrogens with one attached hydrogen (secondary N) is 1. The molecule has 3 heteroatoms. The highest BCUT2D eigenvalue weighted by atomic mass is 16.2. The zero-order chi connectivity index (χ0) is 11.8. The van der Waals surface area contributed by atoms with Crippen molar-refractivity contribution >= 4 is 11.6 Å². The van der Waals surface area contributed by atoms with Crippen LogP contribution in [0.5, 0.6) is 0 Å². The monoisotopic (exact) mass is 217 g/mol. The first-order chi connectivity index (χ1) is 7.76. The molecule has 1 rings (SSSR count). The van der Waals surface area contributed by atoms with Crippen molar-refractivity contribution in [3.8, 4) is 12.3 Å². The third-order valence-electron chi connectivity index (χ3n) is 2.10. The van der Waals surface area contributed by atoms with Gasteiger partial charge in [-0.3, -0.25) is 4.79 Å². The number of hydrogen-bond acceptors (Lipinski definition) is 2. The Morgan fingerprint density at radius 3 is 3.00 bits per heavy atom. The number of aliphatic hydroxyl groups excluding tert-OH is 1. The molecule has 1 aromatic rings. The normalized spacial score (nSPS) is 9.50. The lowest BCUT2D eigenvalue weighted by Gasteiger charge is -2.05. The highest BCUT2D eigenvalue weighted by Crippen LogP contribution is 2.12. The quantitative estimate of drug-likeness (QED) is 0.735. The molecule has 0 saturated carbocycles. The van der Waals surface area contributed by atoms with Gasteiger partial charge in [-0.2, -0.15) is 0 Å². The molecule has 1 aromatic carbocycles. The lowest BCUT2D eigenvalue weighted by Crippen LogP contribution is -2.10. The van der Waals surface area contributed by atoms with Gasteiger partial charge in [-0.15, -0.1) is 6.42 Å². The van der Waals surface area contributed by atoms with Crippen molar-refractivity contribution in [3.63, 3.8) is 0 Å². The molecule has 0 bridgehead atoms. The lowest BCUT2D eigenvalue weighted by molar-refractivity contribution is -0.115. The number of benzene rings is 1. The first-order valence-corrected chi connectivity index (χ1v) is 5.19. The molecule has 0 radical (unpaired) electrons. The van der Waals surface area contributed by atoms with Gasteiger partial charge in [0, 0.05) is 12.3 Å². The predicted molar refractivity (Wildman–Crippen MR) is 63.9 cm³/mol. The highest BCUT2D eigenvalue weighted by molar-refractivity contribution is 5.92. The molecule has 0 fully saturated rings. The van der Waals surface area contributed by atoms with Crippen molar-refractivity contribution in [1.82, 2.24) is 0 Å². The van der Waals surface area contributed by atoms with E-state index in [9.17, 15) is 4.79 Å². The van der Waals surface area contributed by atoms with Crippen LogP contribution in [-0.2, 0) is 11.2 Å². The molecule has 0 aromatic heterocycles. The van der Waals surface area contributed by atoms with Crippen molar-refractivity contribution in [2.75, 3.05) is 11.9 Å². The molecular formula is C13H15NO2. The van der Waals surface area contributed by atoms with E-state index in [2.05, 4.69) is 11.2 Å². The van der Waals surface area contributed by atoms with Gasteiger partial charge in [-0.25, -0.2) is 0 Å². The number of terminal acetylenes is 1. The number of rotatable bonds is 5. The molecule has 0 aliphatic carbocycles. The predicted octanol–water partition coefficient (Wildman–Crippen LogP) is 1.57. The van der Waals surface area contributed by atoms with Crippen LogP contribution in [0.15, 0.2) is 24.3 Å². The fraction of sp³-hybridized carbons (Fsp3) is 0.308. The minimum Gasteiger partial charge on any atom is -0.396 e. The summed E-state index contributed by atoms with van der Waals surface area (Å²) in [6.07, 6.45) is 6.65. The summed E-state index contributed by atoms with van der Waals surface area (Å²) in [5, 5.41) is 11.4. The van der Waals surface area contributed by atoms with Gasteiger partial charge in [0.2, 0.25) is 5.91 Å². The van der Waals surface area contributed by atoms with Gasteiger partial charge in [-0.05, 0) is 30.5 Å². The lowest BCUT2D eigenvalue weighted by atomic mass is 10.1. The minimum absolute atomic E-state index is 0.0842. The summed E-state index contributed by atoms with van der Waals surface area (Å²) in [6, 6.07) is 7.55. The van der Waals surface area contributed by atoms with Crippen molar-refractivity contribution in [3.05, 3.63) is 29.8 Å². The Kier molecular flexibility index (Phi) is 5.10. The molecule has 0 aliphatic rings. The zero-order valence-electron chi connectivity index (χ0n) is 9.07. The van der Waals surface area contributed by atoms with Gasteiger partial charge < -0.3 is 10.4 Å². The Labute approximate surface area is 95.5 Å². The van der Waals surface area contributed by atoms with Gasteiger partial charge in [0.05, 0.1) is 6.42 Å². The molecule has 0 unspecified atom stereocenters. The van der Waals surface area contributed by atoms with Crippen LogP contribution in [0.1, 0.15) is 18.4 Å². The van der Waals surface area contributed by atoms with E-state index in [0.717, 1.165) is 24.1 Å².